The van der Waals surface area contributed by atoms with Crippen LogP contribution >= 0.6 is 0 Å². The van der Waals surface area contributed by atoms with E-state index in [2.05, 4.69) is 41.5 Å². The van der Waals surface area contributed by atoms with E-state index >= 15 is 0 Å². The molecular formula is C33H46CoN2O6. The Bertz CT molecular complexity index is 1110. The van der Waals surface area contributed by atoms with Crippen LogP contribution in [-0.4, -0.2) is 46.7 Å². The van der Waals surface area contributed by atoms with Gasteiger partial charge in [0.15, 0.2) is 0 Å². The molecule has 8 nitrogen and oxygen atoms in total. The Hall–Kier alpha value is -3.17. The average Bonchev–Trinajstić information content (AvgIpc) is 3.25. The molecule has 2 aromatic carbocycles. The van der Waals surface area contributed by atoms with Gasteiger partial charge in [-0.15, -0.1) is 0 Å². The van der Waals surface area contributed by atoms with E-state index in [4.69, 9.17) is 29.8 Å². The predicted octanol–water partition coefficient (Wildman–Crippen LogP) is 4.24. The van der Waals surface area contributed by atoms with Crippen LogP contribution in [0, 0.1) is 10.8 Å². The van der Waals surface area contributed by atoms with Gasteiger partial charge in [-0.2, -0.15) is 0 Å². The standard InChI is InChI=1S/C29H40N2O2.2C2H4O2.Co/c1-28(2,3)16-20-7-11-26(32)22(13-20)18-30-24-9-10-25(15-24)31-19-23-14-21(8-12-27(23)33)17-29(4,5)6;2*1-2(3)4;/h7-8,11-14,18-19,24-25,32-33H,9-10,15-17H2,1-6H3;2*1H3,(H,3,4);/q;;;+2/p-2. The van der Waals surface area contributed by atoms with Crippen LogP contribution in [0.15, 0.2) is 46.4 Å². The number of phenolic OH excluding ortho intramolecular Hbond substituents is 2. The number of nitrogens with zero attached hydrogens (tertiary/aromatic N) is 2. The molecule has 9 heteroatoms. The predicted molar refractivity (Wildman–Crippen MR) is 161 cm³/mol. The summed E-state index contributed by atoms with van der Waals surface area (Å²) in [5, 5.41) is 38.3. The third-order valence-corrected chi connectivity index (χ3v) is 5.88. The maximum atomic E-state index is 10.2. The van der Waals surface area contributed by atoms with Crippen molar-refractivity contribution in [3.8, 4) is 11.5 Å². The molecule has 1 saturated carbocycles. The molecule has 0 amide bonds. The Morgan fingerprint density at radius 1 is 0.762 bits per heavy atom. The van der Waals surface area contributed by atoms with E-state index in [0.717, 1.165) is 57.1 Å². The fourth-order valence-electron chi connectivity index (χ4n) is 4.44. The van der Waals surface area contributed by atoms with Crippen molar-refractivity contribution in [1.82, 2.24) is 0 Å². The quantitative estimate of drug-likeness (QED) is 0.460. The van der Waals surface area contributed by atoms with Gasteiger partial charge in [0, 0.05) is 35.5 Å². The number of phenols is 2. The third-order valence-electron chi connectivity index (χ3n) is 5.88. The Kier molecular flexibility index (Phi) is 16.4. The summed E-state index contributed by atoms with van der Waals surface area (Å²) in [6.07, 6.45) is 8.41. The molecule has 0 spiro atoms. The maximum Gasteiger partial charge on any atom is 2.00 e. The zero-order chi connectivity index (χ0) is 31.4. The number of carboxylic acid groups (broad SMARTS) is 2. The number of aliphatic imine (C=N–C) groups is 2. The van der Waals surface area contributed by atoms with Crippen molar-refractivity contribution >= 4 is 24.4 Å². The van der Waals surface area contributed by atoms with Gasteiger partial charge in [-0.25, -0.2) is 0 Å². The number of carbonyl (C=O) groups is 2. The van der Waals surface area contributed by atoms with Gasteiger partial charge in [0.25, 0.3) is 0 Å². The molecule has 2 unspecified atom stereocenters. The molecule has 1 fully saturated rings. The number of benzene rings is 2. The summed E-state index contributed by atoms with van der Waals surface area (Å²) in [6.45, 7) is 15.2. The molecule has 2 N–H and O–H groups in total. The van der Waals surface area contributed by atoms with Crippen molar-refractivity contribution in [2.24, 2.45) is 20.8 Å². The van der Waals surface area contributed by atoms with Crippen LogP contribution in [0.4, 0.5) is 0 Å². The minimum absolute atomic E-state index is 0. The third kappa shape index (κ3) is 17.6. The Labute approximate surface area is 261 Å². The fourth-order valence-corrected chi connectivity index (χ4v) is 4.44. The van der Waals surface area contributed by atoms with Gasteiger partial charge in [-0.1, -0.05) is 53.7 Å². The summed E-state index contributed by atoms with van der Waals surface area (Å²) in [5.41, 5.74) is 4.38. The maximum absolute atomic E-state index is 10.2. The number of aliphatic carboxylic acids is 2. The van der Waals surface area contributed by atoms with Gasteiger partial charge in [-0.3, -0.25) is 9.98 Å². The molecule has 2 aromatic rings. The van der Waals surface area contributed by atoms with E-state index < -0.39 is 11.9 Å². The van der Waals surface area contributed by atoms with Crippen molar-refractivity contribution in [2.75, 3.05) is 0 Å². The molecule has 1 aliphatic carbocycles. The molecule has 0 bridgehead atoms. The van der Waals surface area contributed by atoms with Crippen LogP contribution in [0.5, 0.6) is 11.5 Å². The molecule has 233 valence electrons. The van der Waals surface area contributed by atoms with E-state index in [1.54, 1.807) is 12.1 Å². The second kappa shape index (κ2) is 17.7. The topological polar surface area (TPSA) is 145 Å². The van der Waals surface area contributed by atoms with Crippen molar-refractivity contribution in [1.29, 1.82) is 0 Å². The largest absolute Gasteiger partial charge is 2.00 e. The fraction of sp³-hybridized carbons (Fsp3) is 0.515. The summed E-state index contributed by atoms with van der Waals surface area (Å²) in [4.78, 5) is 27.3. The Balaban J connectivity index is 0.00000166. The summed E-state index contributed by atoms with van der Waals surface area (Å²) in [5.74, 6) is -1.62. The van der Waals surface area contributed by atoms with Gasteiger partial charge < -0.3 is 30.0 Å². The smallest absolute Gasteiger partial charge is 0.550 e. The zero-order valence-electron chi connectivity index (χ0n) is 26.1. The Morgan fingerprint density at radius 3 is 1.36 bits per heavy atom. The molecule has 0 heterocycles. The molecule has 0 aromatic heterocycles. The van der Waals surface area contributed by atoms with Crippen LogP contribution in [0.1, 0.15) is 96.9 Å². The number of carboxylic acids is 2. The molecule has 0 aliphatic heterocycles. The van der Waals surface area contributed by atoms with Crippen molar-refractivity contribution in [3.05, 3.63) is 58.7 Å². The number of hydrogen-bond acceptors (Lipinski definition) is 8. The van der Waals surface area contributed by atoms with Crippen LogP contribution in [-0.2, 0) is 39.2 Å². The van der Waals surface area contributed by atoms with Crippen molar-refractivity contribution in [2.45, 2.75) is 99.6 Å². The van der Waals surface area contributed by atoms with E-state index in [0.29, 0.717) is 0 Å². The van der Waals surface area contributed by atoms with Crippen LogP contribution in [0.2, 0.25) is 0 Å². The van der Waals surface area contributed by atoms with E-state index in [9.17, 15) is 10.2 Å². The molecular weight excluding hydrogens is 579 g/mol. The summed E-state index contributed by atoms with van der Waals surface area (Å²) in [7, 11) is 0. The first-order valence-corrected chi connectivity index (χ1v) is 13.9. The van der Waals surface area contributed by atoms with Gasteiger partial charge >= 0.3 is 16.8 Å². The zero-order valence-corrected chi connectivity index (χ0v) is 27.1. The molecule has 1 aliphatic rings. The summed E-state index contributed by atoms with van der Waals surface area (Å²) >= 11 is 0. The molecule has 2 atom stereocenters. The first-order valence-electron chi connectivity index (χ1n) is 13.9. The van der Waals surface area contributed by atoms with Crippen molar-refractivity contribution < 1.29 is 46.8 Å². The monoisotopic (exact) mass is 625 g/mol. The molecule has 1 radical (unpaired) electrons. The number of rotatable bonds is 6. The summed E-state index contributed by atoms with van der Waals surface area (Å²) < 4.78 is 0. The Morgan fingerprint density at radius 2 is 1.07 bits per heavy atom. The summed E-state index contributed by atoms with van der Waals surface area (Å²) in [6, 6.07) is 12.0. The minimum Gasteiger partial charge on any atom is -0.550 e. The molecule has 42 heavy (non-hydrogen) atoms. The first kappa shape index (κ1) is 38.8. The van der Waals surface area contributed by atoms with Crippen molar-refractivity contribution in [3.63, 3.8) is 0 Å². The number of aromatic hydroxyl groups is 2. The SMILES string of the molecule is CC(=O)[O-].CC(=O)[O-].CC(C)(C)Cc1ccc(O)c(C=NC2CCC(N=Cc3cc(CC(C)(C)C)ccc3O)C2)c1.[Co+2]. The van der Waals surface area contributed by atoms with Crippen LogP contribution in [0.25, 0.3) is 0 Å². The number of carbonyl (C=O) groups excluding carboxylic acids is 2. The average molecular weight is 626 g/mol. The van der Waals surface area contributed by atoms with E-state index in [1.807, 2.05) is 36.7 Å². The van der Waals surface area contributed by atoms with Gasteiger partial charge in [-0.05, 0) is 92.2 Å². The number of hydrogen-bond donors (Lipinski definition) is 2. The van der Waals surface area contributed by atoms with E-state index in [-0.39, 0.29) is 51.2 Å². The second-order valence-corrected chi connectivity index (χ2v) is 12.9. The van der Waals surface area contributed by atoms with Gasteiger partial charge in [0.05, 0.1) is 12.1 Å². The van der Waals surface area contributed by atoms with Gasteiger partial charge in [0.2, 0.25) is 0 Å². The molecule has 3 rings (SSSR count). The molecule has 0 saturated heterocycles. The first-order chi connectivity index (χ1) is 18.8. The minimum atomic E-state index is -1.08. The second-order valence-electron chi connectivity index (χ2n) is 12.9. The van der Waals surface area contributed by atoms with Gasteiger partial charge in [0.1, 0.15) is 11.5 Å². The van der Waals surface area contributed by atoms with Crippen LogP contribution in [0.3, 0.4) is 0 Å². The normalized spacial score (nSPS) is 16.7. The van der Waals surface area contributed by atoms with E-state index in [1.165, 1.54) is 11.1 Å². The van der Waals surface area contributed by atoms with Crippen LogP contribution < -0.4 is 10.2 Å².